The number of likely N-dealkylation sites (N-methyl/N-ethyl adjacent to an activating group) is 1. The van der Waals surface area contributed by atoms with Gasteiger partial charge in [0.25, 0.3) is 0 Å². The predicted octanol–water partition coefficient (Wildman–Crippen LogP) is 0.240. The van der Waals surface area contributed by atoms with Gasteiger partial charge in [0, 0.05) is 5.56 Å². The number of benzene rings is 2. The number of carboxylic acids is 1. The van der Waals surface area contributed by atoms with Gasteiger partial charge in [-0.3, -0.25) is 0 Å². The first kappa shape index (κ1) is 15.1. The molecule has 0 unspecified atom stereocenters. The van der Waals surface area contributed by atoms with E-state index in [1.165, 1.54) is 4.90 Å². The maximum absolute atomic E-state index is 11.1. The molecule has 0 atom stereocenters. The first-order chi connectivity index (χ1) is 10.1. The molecule has 0 radical (unpaired) electrons. The van der Waals surface area contributed by atoms with Gasteiger partial charge < -0.3 is 19.5 Å². The van der Waals surface area contributed by atoms with Crippen LogP contribution in [0.5, 0.6) is 5.75 Å². The second-order valence-electron chi connectivity index (χ2n) is 5.16. The van der Waals surface area contributed by atoms with E-state index in [0.717, 1.165) is 17.9 Å². The largest absolute Gasteiger partial charge is 0.545 e. The van der Waals surface area contributed by atoms with E-state index in [2.05, 4.69) is 14.1 Å². The summed E-state index contributed by atoms with van der Waals surface area (Å²) in [6.07, 6.45) is 0. The van der Waals surface area contributed by atoms with Gasteiger partial charge in [0.05, 0.1) is 20.1 Å². The molecule has 4 heteroatoms. The van der Waals surface area contributed by atoms with Crippen LogP contribution in [0.25, 0.3) is 11.1 Å². The lowest BCUT2D eigenvalue weighted by molar-refractivity contribution is -0.858. The van der Waals surface area contributed by atoms with Crippen LogP contribution in [0.15, 0.2) is 48.5 Å². The van der Waals surface area contributed by atoms with Crippen LogP contribution in [0.2, 0.25) is 0 Å². The van der Waals surface area contributed by atoms with E-state index < -0.39 is 5.97 Å². The quantitative estimate of drug-likeness (QED) is 0.827. The van der Waals surface area contributed by atoms with Crippen molar-refractivity contribution in [2.45, 2.75) is 0 Å². The molecule has 2 aromatic rings. The number of ether oxygens (including phenoxy) is 1. The molecule has 0 saturated heterocycles. The Balaban J connectivity index is 2.14. The standard InChI is InChI=1S/C17H19NO3/c1-18(2)11-12-21-14-9-7-13(8-10-14)15-5-3-4-6-16(15)17(19)20/h3-10H,11-12H2,1-2H3,(H,19,20). The molecule has 0 bridgehead atoms. The minimum absolute atomic E-state index is 0.197. The fraction of sp³-hybridized carbons (Fsp3) is 0.235. The summed E-state index contributed by atoms with van der Waals surface area (Å²) in [5.41, 5.74) is 1.68. The molecule has 2 aromatic carbocycles. The number of nitrogens with one attached hydrogen (secondary N) is 1. The molecule has 0 aliphatic heterocycles. The highest BCUT2D eigenvalue weighted by atomic mass is 16.5. The summed E-state index contributed by atoms with van der Waals surface area (Å²) in [4.78, 5) is 12.5. The molecular formula is C17H19NO3. The van der Waals surface area contributed by atoms with E-state index in [-0.39, 0.29) is 5.56 Å². The van der Waals surface area contributed by atoms with E-state index in [0.29, 0.717) is 12.2 Å². The molecule has 0 aromatic heterocycles. The number of aromatic carboxylic acids is 1. The minimum Gasteiger partial charge on any atom is -0.545 e. The lowest BCUT2D eigenvalue weighted by Gasteiger charge is -2.12. The van der Waals surface area contributed by atoms with Crippen molar-refractivity contribution in [1.29, 1.82) is 0 Å². The van der Waals surface area contributed by atoms with Crippen LogP contribution < -0.4 is 14.7 Å². The first-order valence-corrected chi connectivity index (χ1v) is 6.90. The Morgan fingerprint density at radius 2 is 1.76 bits per heavy atom. The molecule has 0 aliphatic rings. The zero-order valence-corrected chi connectivity index (χ0v) is 12.3. The summed E-state index contributed by atoms with van der Waals surface area (Å²) in [5.74, 6) is -0.384. The van der Waals surface area contributed by atoms with Gasteiger partial charge in [-0.25, -0.2) is 0 Å². The monoisotopic (exact) mass is 285 g/mol. The van der Waals surface area contributed by atoms with Crippen molar-refractivity contribution >= 4 is 5.97 Å². The third-order valence-corrected chi connectivity index (χ3v) is 3.18. The molecule has 0 amide bonds. The fourth-order valence-corrected chi connectivity index (χ4v) is 2.02. The Morgan fingerprint density at radius 1 is 1.10 bits per heavy atom. The van der Waals surface area contributed by atoms with E-state index in [1.807, 2.05) is 30.3 Å². The fourth-order valence-electron chi connectivity index (χ4n) is 2.02. The second kappa shape index (κ2) is 6.90. The molecule has 0 saturated carbocycles. The van der Waals surface area contributed by atoms with Gasteiger partial charge in [0.2, 0.25) is 0 Å². The van der Waals surface area contributed by atoms with Crippen LogP contribution in [0.4, 0.5) is 0 Å². The highest BCUT2D eigenvalue weighted by molar-refractivity contribution is 5.94. The van der Waals surface area contributed by atoms with Crippen molar-refractivity contribution in [3.05, 3.63) is 54.1 Å². The maximum atomic E-state index is 11.1. The van der Waals surface area contributed by atoms with E-state index in [4.69, 9.17) is 4.74 Å². The SMILES string of the molecule is C[NH+](C)CCOc1ccc(-c2ccccc2C(=O)[O-])cc1. The topological polar surface area (TPSA) is 53.8 Å². The minimum atomic E-state index is -1.17. The van der Waals surface area contributed by atoms with Crippen LogP contribution in [-0.2, 0) is 0 Å². The van der Waals surface area contributed by atoms with Crippen molar-refractivity contribution in [3.63, 3.8) is 0 Å². The summed E-state index contributed by atoms with van der Waals surface area (Å²) in [5, 5.41) is 11.1. The molecule has 0 aliphatic carbocycles. The van der Waals surface area contributed by atoms with Crippen molar-refractivity contribution < 1.29 is 19.5 Å². The van der Waals surface area contributed by atoms with Crippen molar-refractivity contribution in [1.82, 2.24) is 0 Å². The molecule has 0 fully saturated rings. The highest BCUT2D eigenvalue weighted by Crippen LogP contribution is 2.25. The Kier molecular flexibility index (Phi) is 4.95. The summed E-state index contributed by atoms with van der Waals surface area (Å²) in [6, 6.07) is 14.3. The Bertz CT molecular complexity index is 606. The van der Waals surface area contributed by atoms with Crippen LogP contribution in [0, 0.1) is 0 Å². The third kappa shape index (κ3) is 4.07. The molecule has 0 heterocycles. The number of carbonyl (C=O) groups excluding carboxylic acids is 1. The Morgan fingerprint density at radius 3 is 2.38 bits per heavy atom. The zero-order valence-electron chi connectivity index (χ0n) is 12.3. The molecule has 110 valence electrons. The third-order valence-electron chi connectivity index (χ3n) is 3.18. The number of hydrogen-bond donors (Lipinski definition) is 1. The number of rotatable bonds is 6. The lowest BCUT2D eigenvalue weighted by Crippen LogP contribution is -3.06. The predicted molar refractivity (Wildman–Crippen MR) is 79.4 cm³/mol. The van der Waals surface area contributed by atoms with Gasteiger partial charge in [0.15, 0.2) is 0 Å². The van der Waals surface area contributed by atoms with Gasteiger partial charge in [-0.2, -0.15) is 0 Å². The molecule has 4 nitrogen and oxygen atoms in total. The molecule has 0 spiro atoms. The summed E-state index contributed by atoms with van der Waals surface area (Å²) in [7, 11) is 4.15. The average molecular weight is 285 g/mol. The molecular weight excluding hydrogens is 266 g/mol. The van der Waals surface area contributed by atoms with Crippen molar-refractivity contribution in [3.8, 4) is 16.9 Å². The maximum Gasteiger partial charge on any atom is 0.137 e. The van der Waals surface area contributed by atoms with E-state index in [1.54, 1.807) is 18.2 Å². The van der Waals surface area contributed by atoms with Gasteiger partial charge >= 0.3 is 0 Å². The van der Waals surface area contributed by atoms with Gasteiger partial charge in [0.1, 0.15) is 18.9 Å². The molecule has 2 rings (SSSR count). The number of hydrogen-bond acceptors (Lipinski definition) is 3. The number of quaternary nitrogens is 1. The van der Waals surface area contributed by atoms with Crippen molar-refractivity contribution in [2.24, 2.45) is 0 Å². The average Bonchev–Trinajstić information content (AvgIpc) is 2.47. The summed E-state index contributed by atoms with van der Waals surface area (Å²) in [6.45, 7) is 1.58. The number of carboxylic acid groups (broad SMARTS) is 1. The van der Waals surface area contributed by atoms with Gasteiger partial charge in [-0.15, -0.1) is 0 Å². The van der Waals surface area contributed by atoms with Crippen LogP contribution >= 0.6 is 0 Å². The molecule has 1 N–H and O–H groups in total. The van der Waals surface area contributed by atoms with Gasteiger partial charge in [-0.1, -0.05) is 36.4 Å². The van der Waals surface area contributed by atoms with Crippen LogP contribution in [0.1, 0.15) is 10.4 Å². The zero-order chi connectivity index (χ0) is 15.2. The normalized spacial score (nSPS) is 10.6. The summed E-state index contributed by atoms with van der Waals surface area (Å²) >= 11 is 0. The first-order valence-electron chi connectivity index (χ1n) is 6.90. The second-order valence-corrected chi connectivity index (χ2v) is 5.16. The summed E-state index contributed by atoms with van der Waals surface area (Å²) < 4.78 is 5.64. The molecule has 21 heavy (non-hydrogen) atoms. The van der Waals surface area contributed by atoms with Gasteiger partial charge in [-0.05, 0) is 23.3 Å². The highest BCUT2D eigenvalue weighted by Gasteiger charge is 2.05. The van der Waals surface area contributed by atoms with E-state index in [9.17, 15) is 9.90 Å². The van der Waals surface area contributed by atoms with E-state index >= 15 is 0 Å². The van der Waals surface area contributed by atoms with Crippen LogP contribution in [-0.4, -0.2) is 33.2 Å². The Labute approximate surface area is 124 Å². The van der Waals surface area contributed by atoms with Crippen molar-refractivity contribution in [2.75, 3.05) is 27.2 Å². The smallest absolute Gasteiger partial charge is 0.137 e. The lowest BCUT2D eigenvalue weighted by atomic mass is 10.00. The Hall–Kier alpha value is -2.33. The van der Waals surface area contributed by atoms with Crippen LogP contribution in [0.3, 0.4) is 0 Å². The number of carbonyl (C=O) groups is 1.